The van der Waals surface area contributed by atoms with Crippen molar-refractivity contribution in [2.75, 3.05) is 6.54 Å². The Hall–Kier alpha value is -0.550. The lowest BCUT2D eigenvalue weighted by atomic mass is 9.72. The highest BCUT2D eigenvalue weighted by atomic mass is 15.0. The van der Waals surface area contributed by atoms with Crippen molar-refractivity contribution >= 4 is 0 Å². The Labute approximate surface area is 86.7 Å². The van der Waals surface area contributed by atoms with Gasteiger partial charge in [-0.3, -0.25) is 5.32 Å². The van der Waals surface area contributed by atoms with Crippen LogP contribution in [-0.2, 0) is 0 Å². The lowest BCUT2D eigenvalue weighted by Gasteiger charge is -2.36. The van der Waals surface area contributed by atoms with E-state index in [1.807, 2.05) is 0 Å². The van der Waals surface area contributed by atoms with Gasteiger partial charge in [-0.1, -0.05) is 19.8 Å². The summed E-state index contributed by atoms with van der Waals surface area (Å²) in [5, 5.41) is 12.8. The second-order valence-electron chi connectivity index (χ2n) is 5.07. The Morgan fingerprint density at radius 2 is 2.00 bits per heavy atom. The Kier molecular flexibility index (Phi) is 2.78. The van der Waals surface area contributed by atoms with Crippen LogP contribution in [0.1, 0.15) is 45.4 Å². The largest absolute Gasteiger partial charge is 0.299 e. The van der Waals surface area contributed by atoms with Gasteiger partial charge in [-0.05, 0) is 44.1 Å². The van der Waals surface area contributed by atoms with Crippen molar-refractivity contribution in [3.05, 3.63) is 0 Å². The molecule has 0 aromatic heterocycles. The van der Waals surface area contributed by atoms with Crippen LogP contribution in [0.4, 0.5) is 0 Å². The first kappa shape index (κ1) is 9.98. The fourth-order valence-electron chi connectivity index (χ4n) is 3.06. The number of rotatable bonds is 1. The van der Waals surface area contributed by atoms with Gasteiger partial charge in [-0.25, -0.2) is 0 Å². The van der Waals surface area contributed by atoms with Gasteiger partial charge in [0.25, 0.3) is 0 Å². The topological polar surface area (TPSA) is 35.8 Å². The van der Waals surface area contributed by atoms with E-state index >= 15 is 0 Å². The fourth-order valence-corrected chi connectivity index (χ4v) is 3.06. The molecule has 1 saturated heterocycles. The summed E-state index contributed by atoms with van der Waals surface area (Å²) in [6.07, 6.45) is 7.39. The molecule has 78 valence electrons. The van der Waals surface area contributed by atoms with Gasteiger partial charge < -0.3 is 0 Å². The van der Waals surface area contributed by atoms with Crippen LogP contribution in [0, 0.1) is 23.2 Å². The number of hydrogen-bond donors (Lipinski definition) is 1. The molecule has 2 heteroatoms. The molecule has 0 amide bonds. The maximum Gasteiger partial charge on any atom is 0.109 e. The molecule has 0 radical (unpaired) electrons. The van der Waals surface area contributed by atoms with E-state index in [1.165, 1.54) is 32.1 Å². The van der Waals surface area contributed by atoms with E-state index < -0.39 is 0 Å². The molecule has 1 aliphatic carbocycles. The highest BCUT2D eigenvalue weighted by molar-refractivity contribution is 5.14. The minimum absolute atomic E-state index is 0.153. The normalized spacial score (nSPS) is 43.4. The predicted molar refractivity (Wildman–Crippen MR) is 56.7 cm³/mol. The maximum atomic E-state index is 9.32. The molecular formula is C12H20N2. The Bertz CT molecular complexity index is 227. The molecule has 0 aromatic rings. The zero-order valence-electron chi connectivity index (χ0n) is 9.05. The summed E-state index contributed by atoms with van der Waals surface area (Å²) in [6.45, 7) is 3.37. The van der Waals surface area contributed by atoms with Crippen molar-refractivity contribution in [1.82, 2.24) is 5.32 Å². The highest BCUT2D eigenvalue weighted by Crippen LogP contribution is 2.39. The molecule has 0 aromatic carbocycles. The maximum absolute atomic E-state index is 9.32. The second kappa shape index (κ2) is 3.90. The average Bonchev–Trinajstić information content (AvgIpc) is 2.68. The molecule has 1 saturated carbocycles. The highest BCUT2D eigenvalue weighted by Gasteiger charge is 2.42. The van der Waals surface area contributed by atoms with Gasteiger partial charge in [-0.2, -0.15) is 5.26 Å². The molecule has 14 heavy (non-hydrogen) atoms. The van der Waals surface area contributed by atoms with Gasteiger partial charge in [0, 0.05) is 0 Å². The molecule has 2 aliphatic rings. The van der Waals surface area contributed by atoms with Crippen LogP contribution >= 0.6 is 0 Å². The SMILES string of the molecule is CC1CCC(C2(C#N)CCCN2)CC1. The summed E-state index contributed by atoms with van der Waals surface area (Å²) >= 11 is 0. The van der Waals surface area contributed by atoms with Crippen LogP contribution in [-0.4, -0.2) is 12.1 Å². The van der Waals surface area contributed by atoms with Crippen LogP contribution in [0.25, 0.3) is 0 Å². The summed E-state index contributed by atoms with van der Waals surface area (Å²) in [4.78, 5) is 0. The van der Waals surface area contributed by atoms with Gasteiger partial charge >= 0.3 is 0 Å². The van der Waals surface area contributed by atoms with Crippen molar-refractivity contribution < 1.29 is 0 Å². The quantitative estimate of drug-likeness (QED) is 0.692. The third-order valence-corrected chi connectivity index (χ3v) is 4.10. The Balaban J connectivity index is 2.02. The van der Waals surface area contributed by atoms with Gasteiger partial charge in [0.05, 0.1) is 6.07 Å². The Morgan fingerprint density at radius 1 is 1.29 bits per heavy atom. The van der Waals surface area contributed by atoms with E-state index in [0.717, 1.165) is 18.9 Å². The average molecular weight is 192 g/mol. The van der Waals surface area contributed by atoms with Crippen molar-refractivity contribution in [2.24, 2.45) is 11.8 Å². The minimum Gasteiger partial charge on any atom is -0.299 e. The lowest BCUT2D eigenvalue weighted by molar-refractivity contribution is 0.201. The first-order chi connectivity index (χ1) is 6.77. The van der Waals surface area contributed by atoms with Gasteiger partial charge in [-0.15, -0.1) is 0 Å². The summed E-state index contributed by atoms with van der Waals surface area (Å²) in [7, 11) is 0. The molecule has 2 rings (SSSR count). The third kappa shape index (κ3) is 1.66. The van der Waals surface area contributed by atoms with Crippen molar-refractivity contribution in [3.8, 4) is 6.07 Å². The van der Waals surface area contributed by atoms with Crippen LogP contribution in [0.3, 0.4) is 0 Å². The predicted octanol–water partition coefficient (Wildman–Crippen LogP) is 2.46. The van der Waals surface area contributed by atoms with E-state index in [9.17, 15) is 5.26 Å². The molecule has 1 aliphatic heterocycles. The monoisotopic (exact) mass is 192 g/mol. The standard InChI is InChI=1S/C12H20N2/c1-10-3-5-11(6-4-10)12(9-13)7-2-8-14-12/h10-11,14H,2-8H2,1H3. The van der Waals surface area contributed by atoms with Crippen LogP contribution in [0.2, 0.25) is 0 Å². The van der Waals surface area contributed by atoms with E-state index in [4.69, 9.17) is 0 Å². The van der Waals surface area contributed by atoms with E-state index in [-0.39, 0.29) is 5.54 Å². The molecule has 1 atom stereocenters. The molecule has 0 spiro atoms. The van der Waals surface area contributed by atoms with Crippen LogP contribution in [0.5, 0.6) is 0 Å². The van der Waals surface area contributed by atoms with Crippen molar-refractivity contribution in [3.63, 3.8) is 0 Å². The molecule has 0 bridgehead atoms. The zero-order valence-corrected chi connectivity index (χ0v) is 9.05. The van der Waals surface area contributed by atoms with Crippen molar-refractivity contribution in [2.45, 2.75) is 51.0 Å². The molecular weight excluding hydrogens is 172 g/mol. The first-order valence-electron chi connectivity index (χ1n) is 5.93. The zero-order chi connectivity index (χ0) is 10.0. The summed E-state index contributed by atoms with van der Waals surface area (Å²) in [6, 6.07) is 2.55. The van der Waals surface area contributed by atoms with Gasteiger partial charge in [0.2, 0.25) is 0 Å². The van der Waals surface area contributed by atoms with Crippen LogP contribution < -0.4 is 5.32 Å². The molecule has 1 unspecified atom stereocenters. The number of hydrogen-bond acceptors (Lipinski definition) is 2. The summed E-state index contributed by atoms with van der Waals surface area (Å²) < 4.78 is 0. The summed E-state index contributed by atoms with van der Waals surface area (Å²) in [5.41, 5.74) is -0.153. The summed E-state index contributed by atoms with van der Waals surface area (Å²) in [5.74, 6) is 1.49. The lowest BCUT2D eigenvalue weighted by Crippen LogP contribution is -2.46. The van der Waals surface area contributed by atoms with Crippen molar-refractivity contribution in [1.29, 1.82) is 5.26 Å². The molecule has 2 fully saturated rings. The van der Waals surface area contributed by atoms with Gasteiger partial charge in [0.15, 0.2) is 0 Å². The second-order valence-corrected chi connectivity index (χ2v) is 5.07. The van der Waals surface area contributed by atoms with E-state index in [0.29, 0.717) is 5.92 Å². The molecule has 2 nitrogen and oxygen atoms in total. The third-order valence-electron chi connectivity index (χ3n) is 4.10. The van der Waals surface area contributed by atoms with Crippen LogP contribution in [0.15, 0.2) is 0 Å². The number of nitrogens with zero attached hydrogens (tertiary/aromatic N) is 1. The minimum atomic E-state index is -0.153. The van der Waals surface area contributed by atoms with Gasteiger partial charge in [0.1, 0.15) is 5.54 Å². The number of nitrogens with one attached hydrogen (secondary N) is 1. The molecule has 1 heterocycles. The Morgan fingerprint density at radius 3 is 2.50 bits per heavy atom. The number of nitriles is 1. The van der Waals surface area contributed by atoms with E-state index in [1.54, 1.807) is 0 Å². The first-order valence-corrected chi connectivity index (χ1v) is 5.93. The smallest absolute Gasteiger partial charge is 0.109 e. The molecule has 1 N–H and O–H groups in total. The fraction of sp³-hybridized carbons (Fsp3) is 0.917. The van der Waals surface area contributed by atoms with E-state index in [2.05, 4.69) is 18.3 Å².